The SMILES string of the molecule is C1CC1.CC.O=C(O)Cc1ccc(OCCCN2CCOCC2)c(Cl)c1. The maximum atomic E-state index is 10.6. The predicted octanol–water partition coefficient (Wildman–Crippen LogP) is 4.26. The van der Waals surface area contributed by atoms with E-state index in [0.29, 0.717) is 22.9 Å². The number of carbonyl (C=O) groups is 1. The van der Waals surface area contributed by atoms with Gasteiger partial charge in [-0.25, -0.2) is 0 Å². The van der Waals surface area contributed by atoms with Gasteiger partial charge in [0.25, 0.3) is 0 Å². The van der Waals surface area contributed by atoms with Crippen LogP contribution in [0.15, 0.2) is 18.2 Å². The molecule has 5 nitrogen and oxygen atoms in total. The first-order chi connectivity index (χ1) is 12.6. The van der Waals surface area contributed by atoms with Gasteiger partial charge in [0.15, 0.2) is 0 Å². The molecule has 1 aliphatic heterocycles. The molecule has 1 heterocycles. The Balaban J connectivity index is 0.000000594. The van der Waals surface area contributed by atoms with Gasteiger partial charge in [0.05, 0.1) is 31.3 Å². The average Bonchev–Trinajstić information content (AvgIpc) is 3.51. The van der Waals surface area contributed by atoms with E-state index in [4.69, 9.17) is 26.2 Å². The van der Waals surface area contributed by atoms with Crippen molar-refractivity contribution in [3.8, 4) is 5.75 Å². The van der Waals surface area contributed by atoms with Crippen LogP contribution >= 0.6 is 11.6 Å². The summed E-state index contributed by atoms with van der Waals surface area (Å²) in [6, 6.07) is 5.11. The van der Waals surface area contributed by atoms with Gasteiger partial charge in [0.1, 0.15) is 5.75 Å². The largest absolute Gasteiger partial charge is 0.492 e. The molecule has 2 aliphatic rings. The number of hydrogen-bond donors (Lipinski definition) is 1. The highest BCUT2D eigenvalue weighted by Gasteiger charge is 2.10. The van der Waals surface area contributed by atoms with Gasteiger partial charge in [0.2, 0.25) is 0 Å². The van der Waals surface area contributed by atoms with E-state index in [9.17, 15) is 4.79 Å². The minimum atomic E-state index is -0.870. The van der Waals surface area contributed by atoms with Crippen molar-refractivity contribution in [2.24, 2.45) is 0 Å². The summed E-state index contributed by atoms with van der Waals surface area (Å²) >= 11 is 6.10. The molecule has 1 aromatic rings. The van der Waals surface area contributed by atoms with Crippen molar-refractivity contribution in [1.82, 2.24) is 4.90 Å². The van der Waals surface area contributed by atoms with Gasteiger partial charge in [0, 0.05) is 19.6 Å². The third-order valence-electron chi connectivity index (χ3n) is 3.69. The lowest BCUT2D eigenvalue weighted by atomic mass is 10.1. The Morgan fingerprint density at radius 2 is 1.88 bits per heavy atom. The number of nitrogens with zero attached hydrogens (tertiary/aromatic N) is 1. The van der Waals surface area contributed by atoms with E-state index >= 15 is 0 Å². The summed E-state index contributed by atoms with van der Waals surface area (Å²) in [5.74, 6) is -0.266. The van der Waals surface area contributed by atoms with Gasteiger partial charge in [-0.3, -0.25) is 9.69 Å². The van der Waals surface area contributed by atoms with Crippen molar-refractivity contribution in [3.05, 3.63) is 28.8 Å². The van der Waals surface area contributed by atoms with Crippen molar-refractivity contribution in [2.75, 3.05) is 39.5 Å². The third-order valence-corrected chi connectivity index (χ3v) is 3.98. The second kappa shape index (κ2) is 13.8. The molecule has 0 unspecified atom stereocenters. The molecule has 2 fully saturated rings. The molecule has 0 bridgehead atoms. The summed E-state index contributed by atoms with van der Waals surface area (Å²) in [5.41, 5.74) is 0.674. The van der Waals surface area contributed by atoms with Gasteiger partial charge >= 0.3 is 5.97 Å². The van der Waals surface area contributed by atoms with Crippen LogP contribution in [0.4, 0.5) is 0 Å². The smallest absolute Gasteiger partial charge is 0.307 e. The van der Waals surface area contributed by atoms with Crippen molar-refractivity contribution in [1.29, 1.82) is 0 Å². The Kier molecular flexibility index (Phi) is 12.1. The zero-order chi connectivity index (χ0) is 19.2. The summed E-state index contributed by atoms with van der Waals surface area (Å²) in [6.45, 7) is 9.14. The molecule has 0 aromatic heterocycles. The lowest BCUT2D eigenvalue weighted by Crippen LogP contribution is -2.37. The van der Waals surface area contributed by atoms with Crippen LogP contribution in [0.5, 0.6) is 5.75 Å². The van der Waals surface area contributed by atoms with Crippen LogP contribution in [0, 0.1) is 0 Å². The number of halogens is 1. The van der Waals surface area contributed by atoms with E-state index in [1.807, 2.05) is 13.8 Å². The fourth-order valence-electron chi connectivity index (χ4n) is 2.24. The summed E-state index contributed by atoms with van der Waals surface area (Å²) in [6.07, 6.45) is 5.39. The minimum Gasteiger partial charge on any atom is -0.492 e. The Bertz CT molecular complexity index is 514. The lowest BCUT2D eigenvalue weighted by Gasteiger charge is -2.26. The van der Waals surface area contributed by atoms with Crippen molar-refractivity contribution in [3.63, 3.8) is 0 Å². The molecule has 0 spiro atoms. The summed E-state index contributed by atoms with van der Waals surface area (Å²) < 4.78 is 10.9. The van der Waals surface area contributed by atoms with Crippen molar-refractivity contribution >= 4 is 17.6 Å². The molecule has 26 heavy (non-hydrogen) atoms. The van der Waals surface area contributed by atoms with E-state index in [2.05, 4.69) is 4.90 Å². The van der Waals surface area contributed by atoms with Crippen molar-refractivity contribution in [2.45, 2.75) is 46.0 Å². The van der Waals surface area contributed by atoms with Gasteiger partial charge in [-0.1, -0.05) is 50.8 Å². The Hall–Kier alpha value is -1.30. The first-order valence-corrected chi connectivity index (χ1v) is 9.96. The number of morpholine rings is 1. The Morgan fingerprint density at radius 1 is 1.23 bits per heavy atom. The van der Waals surface area contributed by atoms with Crippen LogP contribution in [-0.2, 0) is 16.0 Å². The zero-order valence-corrected chi connectivity index (χ0v) is 16.8. The first kappa shape index (κ1) is 22.7. The second-order valence-electron chi connectivity index (χ2n) is 6.05. The van der Waals surface area contributed by atoms with Crippen LogP contribution in [-0.4, -0.2) is 55.4 Å². The van der Waals surface area contributed by atoms with Gasteiger partial charge in [-0.15, -0.1) is 0 Å². The van der Waals surface area contributed by atoms with E-state index in [1.54, 1.807) is 18.2 Å². The Labute approximate surface area is 162 Å². The number of rotatable bonds is 7. The van der Waals surface area contributed by atoms with Crippen LogP contribution in [0.1, 0.15) is 45.1 Å². The maximum Gasteiger partial charge on any atom is 0.307 e. The molecule has 1 saturated carbocycles. The third kappa shape index (κ3) is 10.6. The van der Waals surface area contributed by atoms with Crippen LogP contribution in [0.25, 0.3) is 0 Å². The van der Waals surface area contributed by atoms with E-state index in [1.165, 1.54) is 19.3 Å². The van der Waals surface area contributed by atoms with Gasteiger partial charge in [-0.2, -0.15) is 0 Å². The normalized spacial score (nSPS) is 15.8. The van der Waals surface area contributed by atoms with Crippen LogP contribution in [0.3, 0.4) is 0 Å². The molecule has 1 saturated heterocycles. The molecule has 1 N–H and O–H groups in total. The fraction of sp³-hybridized carbons (Fsp3) is 0.650. The Morgan fingerprint density at radius 3 is 2.42 bits per heavy atom. The summed E-state index contributed by atoms with van der Waals surface area (Å²) in [7, 11) is 0. The molecular weight excluding hydrogens is 354 g/mol. The average molecular weight is 386 g/mol. The summed E-state index contributed by atoms with van der Waals surface area (Å²) in [4.78, 5) is 13.0. The van der Waals surface area contributed by atoms with Crippen molar-refractivity contribution < 1.29 is 19.4 Å². The van der Waals surface area contributed by atoms with Gasteiger partial charge < -0.3 is 14.6 Å². The van der Waals surface area contributed by atoms with Gasteiger partial charge in [-0.05, 0) is 24.1 Å². The maximum absolute atomic E-state index is 10.6. The highest BCUT2D eigenvalue weighted by Crippen LogP contribution is 2.25. The molecule has 6 heteroatoms. The monoisotopic (exact) mass is 385 g/mol. The lowest BCUT2D eigenvalue weighted by molar-refractivity contribution is -0.136. The standard InChI is InChI=1S/C15H20ClNO4.C3H6.C2H6/c16-13-10-12(11-15(18)19)2-3-14(13)21-7-1-4-17-5-8-20-9-6-17;1-2-3-1;1-2/h2-3,10H,1,4-9,11H2,(H,18,19);1-3H2;1-2H3. The highest BCUT2D eigenvalue weighted by molar-refractivity contribution is 6.32. The fourth-order valence-corrected chi connectivity index (χ4v) is 2.50. The topological polar surface area (TPSA) is 59.0 Å². The number of hydrogen-bond acceptors (Lipinski definition) is 4. The van der Waals surface area contributed by atoms with Crippen LogP contribution in [0.2, 0.25) is 5.02 Å². The molecule has 1 aliphatic carbocycles. The summed E-state index contributed by atoms with van der Waals surface area (Å²) in [5, 5.41) is 9.19. The molecule has 1 aromatic carbocycles. The number of ether oxygens (including phenoxy) is 2. The molecule has 148 valence electrons. The number of benzene rings is 1. The minimum absolute atomic E-state index is 0.0307. The number of aliphatic carboxylic acids is 1. The van der Waals surface area contributed by atoms with E-state index < -0.39 is 5.97 Å². The molecule has 0 atom stereocenters. The molecule has 3 rings (SSSR count). The zero-order valence-electron chi connectivity index (χ0n) is 16.0. The number of carboxylic acids is 1. The first-order valence-electron chi connectivity index (χ1n) is 9.58. The molecular formula is C20H32ClNO4. The number of carboxylic acid groups (broad SMARTS) is 1. The predicted molar refractivity (Wildman–Crippen MR) is 105 cm³/mol. The van der Waals surface area contributed by atoms with E-state index in [-0.39, 0.29) is 6.42 Å². The van der Waals surface area contributed by atoms with Crippen LogP contribution < -0.4 is 4.74 Å². The molecule has 0 radical (unpaired) electrons. The highest BCUT2D eigenvalue weighted by atomic mass is 35.5. The van der Waals surface area contributed by atoms with E-state index in [0.717, 1.165) is 39.3 Å². The quantitative estimate of drug-likeness (QED) is 0.710. The molecule has 0 amide bonds. The second-order valence-corrected chi connectivity index (χ2v) is 6.46.